The molecule has 16 heavy (non-hydrogen) atoms. The molecule has 1 N–H and O–H groups in total. The molecule has 0 amide bonds. The molecule has 0 saturated heterocycles. The lowest BCUT2D eigenvalue weighted by Gasteiger charge is -2.24. The number of nitrogens with zero attached hydrogens (tertiary/aromatic N) is 2. The molecule has 2 aromatic rings. The van der Waals surface area contributed by atoms with Crippen LogP contribution in [0.3, 0.4) is 0 Å². The van der Waals surface area contributed by atoms with Gasteiger partial charge in [-0.25, -0.2) is 0 Å². The van der Waals surface area contributed by atoms with Gasteiger partial charge in [0.05, 0.1) is 22.4 Å². The zero-order valence-corrected chi connectivity index (χ0v) is 11.3. The van der Waals surface area contributed by atoms with Crippen molar-refractivity contribution in [2.24, 2.45) is 7.05 Å². The highest BCUT2D eigenvalue weighted by Gasteiger charge is 2.26. The van der Waals surface area contributed by atoms with Crippen molar-refractivity contribution in [1.29, 1.82) is 0 Å². The van der Waals surface area contributed by atoms with E-state index in [1.807, 2.05) is 29.3 Å². The molecule has 0 aromatic carbocycles. The number of hydrogen-bond donors (Lipinski definition) is 1. The van der Waals surface area contributed by atoms with Crippen LogP contribution in [0.2, 0.25) is 0 Å². The maximum absolute atomic E-state index is 4.28. The minimum atomic E-state index is 0.283. The van der Waals surface area contributed by atoms with E-state index in [0.29, 0.717) is 0 Å². The predicted molar refractivity (Wildman–Crippen MR) is 68.8 cm³/mol. The van der Waals surface area contributed by atoms with E-state index in [2.05, 4.69) is 37.8 Å². The Morgan fingerprint density at radius 3 is 3.25 bits per heavy atom. The molecule has 0 bridgehead atoms. The fraction of sp³-hybridized carbons (Fsp3) is 0.364. The highest BCUT2D eigenvalue weighted by Crippen LogP contribution is 2.35. The fourth-order valence-electron chi connectivity index (χ4n) is 2.22. The van der Waals surface area contributed by atoms with Gasteiger partial charge in [0.25, 0.3) is 0 Å². The average Bonchev–Trinajstić information content (AvgIpc) is 2.86. The van der Waals surface area contributed by atoms with E-state index in [4.69, 9.17) is 0 Å². The molecule has 3 rings (SSSR count). The van der Waals surface area contributed by atoms with Gasteiger partial charge < -0.3 is 5.32 Å². The van der Waals surface area contributed by atoms with Crippen molar-refractivity contribution in [2.45, 2.75) is 12.5 Å². The fourth-order valence-corrected chi connectivity index (χ4v) is 3.83. The zero-order valence-electron chi connectivity index (χ0n) is 8.90. The molecule has 2 aromatic heterocycles. The Morgan fingerprint density at radius 2 is 2.50 bits per heavy atom. The number of thiophene rings is 1. The van der Waals surface area contributed by atoms with Gasteiger partial charge >= 0.3 is 0 Å². The minimum absolute atomic E-state index is 0.283. The van der Waals surface area contributed by atoms with Gasteiger partial charge in [-0.05, 0) is 39.4 Å². The Balaban J connectivity index is 2.10. The lowest BCUT2D eigenvalue weighted by molar-refractivity contribution is 0.536. The third kappa shape index (κ3) is 1.54. The molecule has 3 nitrogen and oxygen atoms in total. The van der Waals surface area contributed by atoms with Crippen LogP contribution in [0.25, 0.3) is 0 Å². The number of aryl methyl sites for hydroxylation is 1. The summed E-state index contributed by atoms with van der Waals surface area (Å²) < 4.78 is 3.02. The smallest absolute Gasteiger partial charge is 0.0856 e. The number of hydrogen-bond acceptors (Lipinski definition) is 3. The topological polar surface area (TPSA) is 29.9 Å². The van der Waals surface area contributed by atoms with E-state index in [-0.39, 0.29) is 6.04 Å². The van der Waals surface area contributed by atoms with E-state index in [1.165, 1.54) is 16.1 Å². The number of nitrogens with one attached hydrogen (secondary N) is 1. The first-order chi connectivity index (χ1) is 7.77. The van der Waals surface area contributed by atoms with Crippen LogP contribution in [0, 0.1) is 0 Å². The standard InChI is InChI=1S/C11H12BrN3S/c1-15-10(8(12)6-14-15)9-11-7(2-4-13-9)3-5-16-11/h3,5-6,9,13H,2,4H2,1H3. The first kappa shape index (κ1) is 10.5. The highest BCUT2D eigenvalue weighted by molar-refractivity contribution is 9.10. The second kappa shape index (κ2) is 3.98. The van der Waals surface area contributed by atoms with Gasteiger partial charge in [-0.15, -0.1) is 11.3 Å². The second-order valence-corrected chi connectivity index (χ2v) is 5.75. The molecule has 84 valence electrons. The number of rotatable bonds is 1. The molecular weight excluding hydrogens is 286 g/mol. The van der Waals surface area contributed by atoms with E-state index in [1.54, 1.807) is 0 Å². The monoisotopic (exact) mass is 297 g/mol. The van der Waals surface area contributed by atoms with Gasteiger partial charge in [0.2, 0.25) is 0 Å². The van der Waals surface area contributed by atoms with Crippen LogP contribution in [-0.4, -0.2) is 16.3 Å². The molecule has 1 unspecified atom stereocenters. The van der Waals surface area contributed by atoms with Gasteiger partial charge in [0.15, 0.2) is 0 Å². The predicted octanol–water partition coefficient (Wildman–Crippen LogP) is 2.48. The van der Waals surface area contributed by atoms with Crippen molar-refractivity contribution in [2.75, 3.05) is 6.54 Å². The van der Waals surface area contributed by atoms with Crippen molar-refractivity contribution < 1.29 is 0 Å². The van der Waals surface area contributed by atoms with Crippen LogP contribution in [-0.2, 0) is 13.5 Å². The summed E-state index contributed by atoms with van der Waals surface area (Å²) in [7, 11) is 1.99. The summed E-state index contributed by atoms with van der Waals surface area (Å²) in [6.07, 6.45) is 2.99. The quantitative estimate of drug-likeness (QED) is 0.876. The Kier molecular flexibility index (Phi) is 2.61. The molecule has 0 aliphatic carbocycles. The summed E-state index contributed by atoms with van der Waals surface area (Å²) in [5.74, 6) is 0. The maximum atomic E-state index is 4.28. The summed E-state index contributed by atoms with van der Waals surface area (Å²) in [5, 5.41) is 10.0. The van der Waals surface area contributed by atoms with Crippen molar-refractivity contribution in [3.05, 3.63) is 38.3 Å². The summed E-state index contributed by atoms with van der Waals surface area (Å²) in [6.45, 7) is 1.03. The average molecular weight is 298 g/mol. The van der Waals surface area contributed by atoms with Crippen LogP contribution >= 0.6 is 27.3 Å². The van der Waals surface area contributed by atoms with Crippen LogP contribution in [0.15, 0.2) is 22.1 Å². The van der Waals surface area contributed by atoms with Crippen LogP contribution in [0.5, 0.6) is 0 Å². The Hall–Kier alpha value is -0.650. The van der Waals surface area contributed by atoms with E-state index >= 15 is 0 Å². The third-order valence-electron chi connectivity index (χ3n) is 3.00. The first-order valence-corrected chi connectivity index (χ1v) is 6.91. The molecule has 0 spiro atoms. The van der Waals surface area contributed by atoms with Crippen molar-refractivity contribution in [3.8, 4) is 0 Å². The lowest BCUT2D eigenvalue weighted by atomic mass is 10.0. The molecule has 3 heterocycles. The van der Waals surface area contributed by atoms with Gasteiger partial charge in [0, 0.05) is 18.5 Å². The Morgan fingerprint density at radius 1 is 1.62 bits per heavy atom. The van der Waals surface area contributed by atoms with Crippen LogP contribution < -0.4 is 5.32 Å². The number of aromatic nitrogens is 2. The Bertz CT molecular complexity index is 498. The van der Waals surface area contributed by atoms with Crippen molar-refractivity contribution in [3.63, 3.8) is 0 Å². The molecule has 5 heteroatoms. The van der Waals surface area contributed by atoms with Crippen molar-refractivity contribution in [1.82, 2.24) is 15.1 Å². The molecule has 1 atom stereocenters. The van der Waals surface area contributed by atoms with Gasteiger partial charge in [-0.1, -0.05) is 0 Å². The SMILES string of the molecule is Cn1ncc(Br)c1C1NCCc2ccsc21. The molecular formula is C11H12BrN3S. The Labute approximate surface area is 107 Å². The number of halogens is 1. The largest absolute Gasteiger partial charge is 0.304 e. The molecule has 0 radical (unpaired) electrons. The zero-order chi connectivity index (χ0) is 11.1. The van der Waals surface area contributed by atoms with Gasteiger partial charge in [0.1, 0.15) is 0 Å². The lowest BCUT2D eigenvalue weighted by Crippen LogP contribution is -2.30. The van der Waals surface area contributed by atoms with Crippen molar-refractivity contribution >= 4 is 27.3 Å². The minimum Gasteiger partial charge on any atom is -0.304 e. The molecule has 1 aliphatic heterocycles. The molecule has 0 saturated carbocycles. The first-order valence-electron chi connectivity index (χ1n) is 5.24. The van der Waals surface area contributed by atoms with E-state index in [9.17, 15) is 0 Å². The maximum Gasteiger partial charge on any atom is 0.0856 e. The van der Waals surface area contributed by atoms with Crippen LogP contribution in [0.1, 0.15) is 22.2 Å². The summed E-state index contributed by atoms with van der Waals surface area (Å²) in [5.41, 5.74) is 2.69. The second-order valence-electron chi connectivity index (χ2n) is 3.95. The van der Waals surface area contributed by atoms with Crippen LogP contribution in [0.4, 0.5) is 0 Å². The summed E-state index contributed by atoms with van der Waals surface area (Å²) in [4.78, 5) is 1.43. The third-order valence-corrected chi connectivity index (χ3v) is 4.63. The number of fused-ring (bicyclic) bond motifs is 1. The van der Waals surface area contributed by atoms with Gasteiger partial charge in [-0.3, -0.25) is 4.68 Å². The summed E-state index contributed by atoms with van der Waals surface area (Å²) >= 11 is 5.40. The highest BCUT2D eigenvalue weighted by atomic mass is 79.9. The van der Waals surface area contributed by atoms with E-state index < -0.39 is 0 Å². The normalized spacial score (nSPS) is 19.8. The molecule has 1 aliphatic rings. The summed E-state index contributed by atoms with van der Waals surface area (Å²) in [6, 6.07) is 2.52. The van der Waals surface area contributed by atoms with E-state index in [0.717, 1.165) is 17.4 Å². The molecule has 0 fully saturated rings. The van der Waals surface area contributed by atoms with Gasteiger partial charge in [-0.2, -0.15) is 5.10 Å².